The van der Waals surface area contributed by atoms with Gasteiger partial charge in [-0.3, -0.25) is 18.6 Å². The van der Waals surface area contributed by atoms with E-state index in [-0.39, 0.29) is 32.6 Å². The Morgan fingerprint density at radius 3 is 1.28 bits per heavy atom. The van der Waals surface area contributed by atoms with Crippen LogP contribution in [0.4, 0.5) is 0 Å². The van der Waals surface area contributed by atoms with E-state index in [9.17, 15) is 19.0 Å². The summed E-state index contributed by atoms with van der Waals surface area (Å²) in [7, 11) is -4.40. The average Bonchev–Trinajstić information content (AvgIpc) is 3.30. The summed E-state index contributed by atoms with van der Waals surface area (Å²) in [5.41, 5.74) is 5.36. The second-order valence-corrected chi connectivity index (χ2v) is 17.8. The molecule has 0 radical (unpaired) electrons. The van der Waals surface area contributed by atoms with Gasteiger partial charge in [0.15, 0.2) is 6.10 Å². The fraction of sp³-hybridized carbons (Fsp3) is 0.636. The Bertz CT molecular complexity index is 1430. The Hall–Kier alpha value is -3.33. The zero-order valence-electron chi connectivity index (χ0n) is 40.9. The second kappa shape index (κ2) is 50.1. The van der Waals surface area contributed by atoms with Crippen molar-refractivity contribution in [1.82, 2.24) is 0 Å². The van der Waals surface area contributed by atoms with E-state index in [2.05, 4.69) is 123 Å². The van der Waals surface area contributed by atoms with Gasteiger partial charge in [0.1, 0.15) is 6.61 Å². The highest BCUT2D eigenvalue weighted by Crippen LogP contribution is 2.43. The van der Waals surface area contributed by atoms with Crippen LogP contribution in [0.2, 0.25) is 0 Å². The number of carbonyl (C=O) groups excluding carboxylic acids is 2. The number of unbranched alkanes of at least 4 members (excludes halogenated alkanes) is 15. The molecule has 0 amide bonds. The Labute approximate surface area is 397 Å². The van der Waals surface area contributed by atoms with Gasteiger partial charge >= 0.3 is 19.8 Å². The molecular formula is C55H92NO8P. The highest BCUT2D eigenvalue weighted by molar-refractivity contribution is 7.47. The molecule has 2 atom stereocenters. The molecule has 0 fully saturated rings. The van der Waals surface area contributed by atoms with Gasteiger partial charge in [-0.05, 0) is 103 Å². The summed E-state index contributed by atoms with van der Waals surface area (Å²) < 4.78 is 32.9. The molecule has 0 aliphatic rings. The lowest BCUT2D eigenvalue weighted by molar-refractivity contribution is -0.161. The van der Waals surface area contributed by atoms with Crippen LogP contribution in [0.5, 0.6) is 0 Å². The molecule has 0 bridgehead atoms. The Balaban J connectivity index is 4.16. The Morgan fingerprint density at radius 2 is 0.846 bits per heavy atom. The van der Waals surface area contributed by atoms with Gasteiger partial charge in [0, 0.05) is 19.4 Å². The van der Waals surface area contributed by atoms with E-state index in [1.165, 1.54) is 44.9 Å². The molecule has 0 saturated carbocycles. The number of carbonyl (C=O) groups is 2. The van der Waals surface area contributed by atoms with Crippen molar-refractivity contribution < 1.29 is 37.6 Å². The monoisotopic (exact) mass is 926 g/mol. The quantitative estimate of drug-likeness (QED) is 0.0265. The molecule has 0 aliphatic carbocycles. The van der Waals surface area contributed by atoms with E-state index < -0.39 is 32.5 Å². The zero-order chi connectivity index (χ0) is 47.4. The summed E-state index contributed by atoms with van der Waals surface area (Å²) in [4.78, 5) is 35.0. The van der Waals surface area contributed by atoms with Crippen LogP contribution in [-0.2, 0) is 32.7 Å². The summed E-state index contributed by atoms with van der Waals surface area (Å²) in [6.07, 6.45) is 67.0. The standard InChI is InChI=1S/C55H92NO8P/c1-3-5-7-9-11-13-15-17-19-20-21-22-23-24-25-26-27-28-29-30-31-32-34-36-38-40-42-44-46-48-55(58)64-53(52-63-65(59,60)62-50-49-56)51-61-54(57)47-45-43-41-39-37-35-33-18-16-14-12-10-8-6-4-2/h5,7,11,13,17-19,21-22,24-25,27-28,30-31,33-34,36,53H,3-4,6,8-10,12,14-16,20,23,26,29,32,35,37-52,56H2,1-2H3,(H,59,60)/b7-5-,13-11-,19-17-,22-21-,25-24-,28-27-,31-30-,33-18-,36-34-. The van der Waals surface area contributed by atoms with E-state index >= 15 is 0 Å². The van der Waals surface area contributed by atoms with E-state index in [4.69, 9.17) is 24.3 Å². The Kier molecular flexibility index (Phi) is 47.5. The number of ether oxygens (including phenoxy) is 2. The van der Waals surface area contributed by atoms with Gasteiger partial charge in [-0.2, -0.15) is 0 Å². The molecule has 0 aliphatic heterocycles. The maximum atomic E-state index is 12.6. The van der Waals surface area contributed by atoms with Gasteiger partial charge in [0.05, 0.1) is 13.2 Å². The molecule has 9 nitrogen and oxygen atoms in total. The number of phosphoric acid groups is 1. The van der Waals surface area contributed by atoms with Crippen molar-refractivity contribution in [3.63, 3.8) is 0 Å². The van der Waals surface area contributed by atoms with Crippen molar-refractivity contribution in [3.8, 4) is 0 Å². The number of phosphoric ester groups is 1. The van der Waals surface area contributed by atoms with Crippen molar-refractivity contribution in [2.24, 2.45) is 5.73 Å². The van der Waals surface area contributed by atoms with Crippen LogP contribution >= 0.6 is 7.82 Å². The summed E-state index contributed by atoms with van der Waals surface area (Å²) >= 11 is 0. The van der Waals surface area contributed by atoms with Crippen LogP contribution in [0.15, 0.2) is 109 Å². The van der Waals surface area contributed by atoms with Crippen molar-refractivity contribution in [1.29, 1.82) is 0 Å². The predicted molar refractivity (Wildman–Crippen MR) is 275 cm³/mol. The van der Waals surface area contributed by atoms with Crippen LogP contribution in [0, 0.1) is 0 Å². The highest BCUT2D eigenvalue weighted by atomic mass is 31.2. The van der Waals surface area contributed by atoms with E-state index in [1.54, 1.807) is 0 Å². The minimum atomic E-state index is -4.40. The van der Waals surface area contributed by atoms with Crippen molar-refractivity contribution in [2.75, 3.05) is 26.4 Å². The molecule has 0 aromatic heterocycles. The first-order chi connectivity index (χ1) is 31.8. The molecule has 0 saturated heterocycles. The zero-order valence-corrected chi connectivity index (χ0v) is 41.8. The molecule has 0 spiro atoms. The van der Waals surface area contributed by atoms with Gasteiger partial charge in [-0.25, -0.2) is 4.57 Å². The number of rotatable bonds is 46. The van der Waals surface area contributed by atoms with E-state index in [1.807, 2.05) is 0 Å². The molecule has 0 aromatic carbocycles. The maximum Gasteiger partial charge on any atom is 0.472 e. The van der Waals surface area contributed by atoms with Crippen LogP contribution in [0.3, 0.4) is 0 Å². The molecule has 0 aromatic rings. The third-order valence-electron chi connectivity index (χ3n) is 10.1. The number of allylic oxidation sites excluding steroid dienone is 18. The van der Waals surface area contributed by atoms with Crippen molar-refractivity contribution >= 4 is 19.8 Å². The summed E-state index contributed by atoms with van der Waals surface area (Å²) in [5.74, 6) is -0.875. The van der Waals surface area contributed by atoms with Crippen LogP contribution < -0.4 is 5.73 Å². The molecular weight excluding hydrogens is 834 g/mol. The first-order valence-electron chi connectivity index (χ1n) is 25.4. The normalized spacial score (nSPS) is 14.1. The van der Waals surface area contributed by atoms with Crippen molar-refractivity contribution in [3.05, 3.63) is 109 Å². The second-order valence-electron chi connectivity index (χ2n) is 16.3. The van der Waals surface area contributed by atoms with Crippen LogP contribution in [-0.4, -0.2) is 49.3 Å². The number of esters is 2. The van der Waals surface area contributed by atoms with Gasteiger partial charge in [0.25, 0.3) is 0 Å². The lowest BCUT2D eigenvalue weighted by Crippen LogP contribution is -2.29. The smallest absolute Gasteiger partial charge is 0.462 e. The summed E-state index contributed by atoms with van der Waals surface area (Å²) in [6, 6.07) is 0. The van der Waals surface area contributed by atoms with E-state index in [0.29, 0.717) is 12.8 Å². The first kappa shape index (κ1) is 61.7. The third kappa shape index (κ3) is 49.9. The summed E-state index contributed by atoms with van der Waals surface area (Å²) in [6.45, 7) is 3.56. The molecule has 3 N–H and O–H groups in total. The van der Waals surface area contributed by atoms with Crippen LogP contribution in [0.25, 0.3) is 0 Å². The fourth-order valence-electron chi connectivity index (χ4n) is 6.41. The lowest BCUT2D eigenvalue weighted by Gasteiger charge is -2.19. The van der Waals surface area contributed by atoms with Gasteiger partial charge in [-0.15, -0.1) is 0 Å². The first-order valence-corrected chi connectivity index (χ1v) is 26.9. The van der Waals surface area contributed by atoms with Gasteiger partial charge in [0.2, 0.25) is 0 Å². The fourth-order valence-corrected chi connectivity index (χ4v) is 7.17. The minimum absolute atomic E-state index is 0.0419. The molecule has 65 heavy (non-hydrogen) atoms. The maximum absolute atomic E-state index is 12.6. The van der Waals surface area contributed by atoms with Gasteiger partial charge < -0.3 is 20.1 Å². The lowest BCUT2D eigenvalue weighted by atomic mass is 10.1. The number of hydrogen-bond donors (Lipinski definition) is 2. The molecule has 2 unspecified atom stereocenters. The summed E-state index contributed by atoms with van der Waals surface area (Å²) in [5, 5.41) is 0. The average molecular weight is 926 g/mol. The van der Waals surface area contributed by atoms with Gasteiger partial charge in [-0.1, -0.05) is 187 Å². The third-order valence-corrected chi connectivity index (χ3v) is 11.1. The van der Waals surface area contributed by atoms with Crippen LogP contribution in [0.1, 0.15) is 194 Å². The predicted octanol–water partition coefficient (Wildman–Crippen LogP) is 15.5. The molecule has 0 rings (SSSR count). The molecule has 370 valence electrons. The molecule has 10 heteroatoms. The Morgan fingerprint density at radius 1 is 0.477 bits per heavy atom. The number of nitrogens with two attached hydrogens (primary N) is 1. The largest absolute Gasteiger partial charge is 0.472 e. The van der Waals surface area contributed by atoms with Crippen molar-refractivity contribution in [2.45, 2.75) is 200 Å². The topological polar surface area (TPSA) is 134 Å². The number of hydrogen-bond acceptors (Lipinski definition) is 8. The highest BCUT2D eigenvalue weighted by Gasteiger charge is 2.26. The SMILES string of the molecule is CC/C=C\C/C=C\C/C=C\C/C=C\C/C=C\C/C=C\C/C=C\C/C=C\CCCCCCC(=O)OC(COC(=O)CCCCCCC/C=C\CCCCCCCC)COP(=O)(O)OCCN. The van der Waals surface area contributed by atoms with E-state index in [0.717, 1.165) is 109 Å². The minimum Gasteiger partial charge on any atom is -0.462 e. The molecule has 0 heterocycles.